The summed E-state index contributed by atoms with van der Waals surface area (Å²) in [7, 11) is -4.67. The minimum Gasteiger partial charge on any atom is -1.00 e. The van der Waals surface area contributed by atoms with Crippen molar-refractivity contribution in [2.75, 3.05) is 0 Å². The van der Waals surface area contributed by atoms with Crippen LogP contribution in [0.3, 0.4) is 0 Å². The molecule has 0 unspecified atom stereocenters. The van der Waals surface area contributed by atoms with Crippen LogP contribution in [0, 0.1) is 0 Å². The van der Waals surface area contributed by atoms with E-state index in [1.54, 1.807) is 0 Å². The molecule has 2 radical (unpaired) electrons. The van der Waals surface area contributed by atoms with Crippen LogP contribution in [0.15, 0.2) is 0 Å². The molecule has 0 aliphatic heterocycles. The maximum absolute atomic E-state index is 8.74. The predicted molar refractivity (Wildman–Crippen MR) is 28.3 cm³/mol. The molecule has 0 aliphatic carbocycles. The predicted octanol–water partition coefficient (Wildman–Crippen LogP) is -8.21. The van der Waals surface area contributed by atoms with Crippen molar-refractivity contribution < 1.29 is 42.3 Å². The van der Waals surface area contributed by atoms with Crippen LogP contribution in [-0.2, 0) is 10.4 Å². The average Bonchev–Trinajstić information content (AvgIpc) is 1.36. The number of hydrazine groups is 1. The molecule has 64 valence electrons. The maximum Gasteiger partial charge on any atom is 2.00 e. The molecule has 0 saturated carbocycles. The Morgan fingerprint density at radius 1 is 1.00 bits per heavy atom. The molecule has 10 heavy (non-hydrogen) atoms. The molecular weight excluding hydrogens is 314 g/mol. The van der Waals surface area contributed by atoms with Gasteiger partial charge in [-0.05, 0) is 0 Å². The third kappa shape index (κ3) is 448. The van der Waals surface area contributed by atoms with Gasteiger partial charge in [-0.1, -0.05) is 0 Å². The van der Waals surface area contributed by atoms with Gasteiger partial charge in [0.05, 0.1) is 0 Å². The largest absolute Gasteiger partial charge is 2.00 e. The number of rotatable bonds is 0. The van der Waals surface area contributed by atoms with Gasteiger partial charge in [0.25, 0.3) is 0 Å². The van der Waals surface area contributed by atoms with E-state index in [4.69, 9.17) is 17.5 Å². The zero-order valence-electron chi connectivity index (χ0n) is 4.53. The normalized spacial score (nSPS) is 6.40. The van der Waals surface area contributed by atoms with E-state index in [0.717, 1.165) is 0 Å². The van der Waals surface area contributed by atoms with E-state index in [0.29, 0.717) is 0 Å². The summed E-state index contributed by atoms with van der Waals surface area (Å²) in [5.74, 6) is 8.00. The summed E-state index contributed by atoms with van der Waals surface area (Å²) in [5.41, 5.74) is 0. The van der Waals surface area contributed by atoms with Gasteiger partial charge in [0.15, 0.2) is 0 Å². The van der Waals surface area contributed by atoms with E-state index in [-0.39, 0.29) is 48.7 Å². The van der Waals surface area contributed by atoms with E-state index < -0.39 is 10.4 Å². The fourth-order valence-electron chi connectivity index (χ4n) is 0. The van der Waals surface area contributed by atoms with Crippen LogP contribution in [-0.4, -0.2) is 41.4 Å². The molecule has 10 heteroatoms. The standard InChI is InChI=1S/2ClH.H4N2.H2O4S.Sn/c;;1-2;1-5(2,3)4;/h2*1H;1-2H2;(H2,1,2,3,4);/q;;;;+2/p-2. The molecular formula is H6Cl2N2O4SSn. The quantitative estimate of drug-likeness (QED) is 0.152. The Morgan fingerprint density at radius 3 is 1.00 bits per heavy atom. The van der Waals surface area contributed by atoms with Crippen LogP contribution < -0.4 is 36.5 Å². The second-order valence-corrected chi connectivity index (χ2v) is 1.34. The summed E-state index contributed by atoms with van der Waals surface area (Å²) in [6.07, 6.45) is 0. The number of hydrogen-bond donors (Lipinski definition) is 4. The van der Waals surface area contributed by atoms with Gasteiger partial charge in [-0.15, -0.1) is 0 Å². The van der Waals surface area contributed by atoms with Crippen LogP contribution in [0.1, 0.15) is 0 Å². The van der Waals surface area contributed by atoms with E-state index in [9.17, 15) is 0 Å². The summed E-state index contributed by atoms with van der Waals surface area (Å²) < 4.78 is 31.6. The molecule has 0 saturated heterocycles. The number of hydrogen-bond acceptors (Lipinski definition) is 4. The van der Waals surface area contributed by atoms with Gasteiger partial charge in [0.2, 0.25) is 0 Å². The number of nitrogens with two attached hydrogens (primary N) is 2. The van der Waals surface area contributed by atoms with Crippen molar-refractivity contribution in [3.05, 3.63) is 0 Å². The van der Waals surface area contributed by atoms with Gasteiger partial charge in [-0.3, -0.25) is 20.8 Å². The topological polar surface area (TPSA) is 127 Å². The van der Waals surface area contributed by atoms with Crippen LogP contribution in [0.2, 0.25) is 0 Å². The van der Waals surface area contributed by atoms with Gasteiger partial charge in [-0.25, -0.2) is 0 Å². The zero-order chi connectivity index (χ0) is 6.50. The summed E-state index contributed by atoms with van der Waals surface area (Å²) >= 11 is 0. The molecule has 0 aromatic heterocycles. The second kappa shape index (κ2) is 16.6. The summed E-state index contributed by atoms with van der Waals surface area (Å²) in [4.78, 5) is 0. The molecule has 0 aromatic carbocycles. The van der Waals surface area contributed by atoms with E-state index >= 15 is 0 Å². The summed E-state index contributed by atoms with van der Waals surface area (Å²) in [6, 6.07) is 0. The van der Waals surface area contributed by atoms with E-state index in [2.05, 4.69) is 11.7 Å². The van der Waals surface area contributed by atoms with Gasteiger partial charge in [0.1, 0.15) is 0 Å². The fraction of sp³-hybridized carbons (Fsp3) is 0. The minimum absolute atomic E-state index is 0. The van der Waals surface area contributed by atoms with E-state index in [1.807, 2.05) is 0 Å². The van der Waals surface area contributed by atoms with Crippen molar-refractivity contribution in [1.82, 2.24) is 0 Å². The minimum atomic E-state index is -4.67. The van der Waals surface area contributed by atoms with Crippen molar-refractivity contribution in [1.29, 1.82) is 0 Å². The monoisotopic (exact) mass is 320 g/mol. The maximum atomic E-state index is 8.74. The SMILES string of the molecule is NN.O=S(=O)(O)O.[Cl-].[Cl-].[Sn+2]. The molecule has 0 atom stereocenters. The molecule has 0 rings (SSSR count). The Labute approximate surface area is 88.0 Å². The molecule has 0 heterocycles. The molecule has 0 spiro atoms. The van der Waals surface area contributed by atoms with Crippen LogP contribution in [0.5, 0.6) is 0 Å². The molecule has 6 nitrogen and oxygen atoms in total. The Bertz CT molecular complexity index is 104. The first-order chi connectivity index (χ1) is 3.00. The van der Waals surface area contributed by atoms with Crippen molar-refractivity contribution in [2.24, 2.45) is 11.7 Å². The van der Waals surface area contributed by atoms with Gasteiger partial charge in [0, 0.05) is 0 Å². The Balaban J connectivity index is -0.0000000154. The molecule has 0 fully saturated rings. The van der Waals surface area contributed by atoms with Crippen LogP contribution >= 0.6 is 0 Å². The first kappa shape index (κ1) is 30.3. The first-order valence-electron chi connectivity index (χ1n) is 1.03. The Morgan fingerprint density at radius 2 is 1.00 bits per heavy atom. The third-order valence-electron chi connectivity index (χ3n) is 0. The third-order valence-corrected chi connectivity index (χ3v) is 0. The summed E-state index contributed by atoms with van der Waals surface area (Å²) in [6.45, 7) is 0. The zero-order valence-corrected chi connectivity index (χ0v) is 9.71. The van der Waals surface area contributed by atoms with Gasteiger partial charge < -0.3 is 24.8 Å². The molecule has 0 amide bonds. The van der Waals surface area contributed by atoms with E-state index in [1.165, 1.54) is 0 Å². The summed E-state index contributed by atoms with van der Waals surface area (Å²) in [5, 5.41) is 0. The Kier molecular flexibility index (Phi) is 50.5. The molecule has 0 aliphatic rings. The smallest absolute Gasteiger partial charge is 1.00 e. The van der Waals surface area contributed by atoms with Gasteiger partial charge >= 0.3 is 34.3 Å². The molecule has 6 N–H and O–H groups in total. The van der Waals surface area contributed by atoms with Crippen LogP contribution in [0.4, 0.5) is 0 Å². The average molecular weight is 320 g/mol. The first-order valence-corrected chi connectivity index (χ1v) is 2.43. The number of halogens is 2. The second-order valence-electron chi connectivity index (χ2n) is 0.448. The Hall–Kier alpha value is 1.17. The fourth-order valence-corrected chi connectivity index (χ4v) is 0. The van der Waals surface area contributed by atoms with Gasteiger partial charge in [-0.2, -0.15) is 8.42 Å². The van der Waals surface area contributed by atoms with Crippen molar-refractivity contribution in [3.63, 3.8) is 0 Å². The molecule has 0 aromatic rings. The van der Waals surface area contributed by atoms with Crippen molar-refractivity contribution in [3.8, 4) is 0 Å². The van der Waals surface area contributed by atoms with Crippen LogP contribution in [0.25, 0.3) is 0 Å². The van der Waals surface area contributed by atoms with Crippen molar-refractivity contribution >= 4 is 34.3 Å². The van der Waals surface area contributed by atoms with Crippen molar-refractivity contribution in [2.45, 2.75) is 0 Å². The molecule has 0 bridgehead atoms.